The summed E-state index contributed by atoms with van der Waals surface area (Å²) in [7, 11) is 0. The quantitative estimate of drug-likeness (QED) is 0.857. The van der Waals surface area contributed by atoms with Crippen molar-refractivity contribution in [2.75, 3.05) is 0 Å². The van der Waals surface area contributed by atoms with E-state index in [1.165, 1.54) is 0 Å². The predicted molar refractivity (Wildman–Crippen MR) is 70.8 cm³/mol. The molecule has 2 rings (SSSR count). The summed E-state index contributed by atoms with van der Waals surface area (Å²) < 4.78 is 2.64. The van der Waals surface area contributed by atoms with Crippen LogP contribution < -0.4 is 0 Å². The fourth-order valence-electron chi connectivity index (χ4n) is 1.50. The Hall–Kier alpha value is -0.650. The molecule has 86 valence electrons. The number of aromatic nitrogens is 3. The summed E-state index contributed by atoms with van der Waals surface area (Å²) in [6.45, 7) is 4.96. The van der Waals surface area contributed by atoms with E-state index < -0.39 is 0 Å². The highest BCUT2D eigenvalue weighted by Crippen LogP contribution is 2.35. The van der Waals surface area contributed by atoms with Crippen LogP contribution in [0.4, 0.5) is 0 Å². The van der Waals surface area contributed by atoms with Gasteiger partial charge in [0, 0.05) is 6.54 Å². The van der Waals surface area contributed by atoms with Gasteiger partial charge in [0.15, 0.2) is 10.6 Å². The average Bonchev–Trinajstić information content (AvgIpc) is 2.76. The fourth-order valence-corrected chi connectivity index (χ4v) is 3.00. The van der Waals surface area contributed by atoms with Crippen molar-refractivity contribution in [3.63, 3.8) is 0 Å². The first-order valence-corrected chi connectivity index (χ1v) is 6.71. The van der Waals surface area contributed by atoms with Crippen LogP contribution in [-0.4, -0.2) is 14.8 Å². The average molecular weight is 274 g/mol. The molecule has 6 heteroatoms. The minimum Gasteiger partial charge on any atom is -0.299 e. The second kappa shape index (κ2) is 4.69. The Labute approximate surface area is 108 Å². The minimum absolute atomic E-state index is 0.652. The van der Waals surface area contributed by atoms with Crippen molar-refractivity contribution >= 4 is 35.2 Å². The van der Waals surface area contributed by atoms with Gasteiger partial charge < -0.3 is 0 Å². The number of rotatable bonds is 3. The third-order valence-corrected chi connectivity index (χ3v) is 4.31. The number of nitrogens with zero attached hydrogens (tertiary/aromatic N) is 2. The Kier molecular flexibility index (Phi) is 3.47. The standard InChI is InChI=1S/C10H12ClN3S2/c1-3-4-14-9(12-13-10(14)15)8-7(11)6(2)5-16-8/h5H,3-4H2,1-2H3,(H,13,15). The lowest BCUT2D eigenvalue weighted by atomic mass is 10.3. The van der Waals surface area contributed by atoms with Gasteiger partial charge in [0.05, 0.1) is 9.90 Å². The first kappa shape index (κ1) is 11.8. The highest BCUT2D eigenvalue weighted by molar-refractivity contribution is 7.71. The van der Waals surface area contributed by atoms with Gasteiger partial charge in [-0.25, -0.2) is 0 Å². The van der Waals surface area contributed by atoms with Crippen LogP contribution in [0.2, 0.25) is 5.02 Å². The molecule has 2 aromatic heterocycles. The normalized spacial score (nSPS) is 10.9. The van der Waals surface area contributed by atoms with Crippen LogP contribution in [0.25, 0.3) is 10.7 Å². The number of halogens is 1. The zero-order chi connectivity index (χ0) is 11.7. The van der Waals surface area contributed by atoms with Gasteiger partial charge in [-0.2, -0.15) is 5.10 Å². The Morgan fingerprint density at radius 1 is 1.62 bits per heavy atom. The van der Waals surface area contributed by atoms with Crippen molar-refractivity contribution in [3.8, 4) is 10.7 Å². The van der Waals surface area contributed by atoms with Crippen LogP contribution >= 0.6 is 35.2 Å². The van der Waals surface area contributed by atoms with Crippen LogP contribution in [0.3, 0.4) is 0 Å². The predicted octanol–water partition coefficient (Wildman–Crippen LogP) is 4.04. The van der Waals surface area contributed by atoms with E-state index >= 15 is 0 Å². The van der Waals surface area contributed by atoms with Gasteiger partial charge in [-0.05, 0) is 36.5 Å². The van der Waals surface area contributed by atoms with E-state index in [9.17, 15) is 0 Å². The number of nitrogens with one attached hydrogen (secondary N) is 1. The van der Waals surface area contributed by atoms with Crippen molar-refractivity contribution < 1.29 is 0 Å². The first-order chi connectivity index (χ1) is 7.65. The van der Waals surface area contributed by atoms with E-state index in [-0.39, 0.29) is 0 Å². The molecule has 0 aromatic carbocycles. The zero-order valence-electron chi connectivity index (χ0n) is 9.08. The third-order valence-electron chi connectivity index (χ3n) is 2.31. The van der Waals surface area contributed by atoms with E-state index in [0.29, 0.717) is 4.77 Å². The van der Waals surface area contributed by atoms with Crippen molar-refractivity contribution in [1.82, 2.24) is 14.8 Å². The summed E-state index contributed by atoms with van der Waals surface area (Å²) >= 11 is 13.0. The van der Waals surface area contributed by atoms with Gasteiger partial charge in [0.2, 0.25) is 0 Å². The maximum atomic E-state index is 6.23. The number of aryl methyl sites for hydroxylation is 1. The molecule has 2 heterocycles. The van der Waals surface area contributed by atoms with Crippen LogP contribution in [0.1, 0.15) is 18.9 Å². The molecule has 16 heavy (non-hydrogen) atoms. The Balaban J connectivity index is 2.56. The molecule has 1 N–H and O–H groups in total. The minimum atomic E-state index is 0.652. The molecular formula is C10H12ClN3S2. The van der Waals surface area contributed by atoms with Crippen LogP contribution in [-0.2, 0) is 6.54 Å². The topological polar surface area (TPSA) is 33.6 Å². The van der Waals surface area contributed by atoms with E-state index in [1.807, 2.05) is 16.9 Å². The van der Waals surface area contributed by atoms with Crippen molar-refractivity contribution in [2.24, 2.45) is 0 Å². The van der Waals surface area contributed by atoms with Crippen molar-refractivity contribution in [3.05, 3.63) is 20.7 Å². The molecule has 0 radical (unpaired) electrons. The summed E-state index contributed by atoms with van der Waals surface area (Å²) in [6.07, 6.45) is 1.02. The molecule has 2 aromatic rings. The van der Waals surface area contributed by atoms with Crippen molar-refractivity contribution in [1.29, 1.82) is 0 Å². The summed E-state index contributed by atoms with van der Waals surface area (Å²) in [6, 6.07) is 0. The molecule has 0 spiro atoms. The van der Waals surface area contributed by atoms with Gasteiger partial charge in [0.25, 0.3) is 0 Å². The Morgan fingerprint density at radius 2 is 2.38 bits per heavy atom. The zero-order valence-corrected chi connectivity index (χ0v) is 11.5. The lowest BCUT2D eigenvalue weighted by Crippen LogP contribution is -1.99. The monoisotopic (exact) mass is 273 g/mol. The van der Waals surface area contributed by atoms with Gasteiger partial charge in [-0.1, -0.05) is 18.5 Å². The molecule has 0 aliphatic carbocycles. The van der Waals surface area contributed by atoms with Crippen LogP contribution in [0.5, 0.6) is 0 Å². The summed E-state index contributed by atoms with van der Waals surface area (Å²) in [5.41, 5.74) is 1.08. The Morgan fingerprint density at radius 3 is 2.94 bits per heavy atom. The maximum Gasteiger partial charge on any atom is 0.195 e. The third kappa shape index (κ3) is 1.95. The summed E-state index contributed by atoms with van der Waals surface area (Å²) in [5, 5.41) is 9.88. The van der Waals surface area contributed by atoms with E-state index in [2.05, 4.69) is 17.1 Å². The van der Waals surface area contributed by atoms with Crippen LogP contribution in [0.15, 0.2) is 5.38 Å². The van der Waals surface area contributed by atoms with Gasteiger partial charge in [-0.3, -0.25) is 9.67 Å². The van der Waals surface area contributed by atoms with Gasteiger partial charge in [0.1, 0.15) is 0 Å². The van der Waals surface area contributed by atoms with E-state index in [4.69, 9.17) is 23.8 Å². The molecule has 0 aliphatic heterocycles. The lowest BCUT2D eigenvalue weighted by Gasteiger charge is -2.03. The largest absolute Gasteiger partial charge is 0.299 e. The molecular weight excluding hydrogens is 262 g/mol. The number of H-pyrrole nitrogens is 1. The van der Waals surface area contributed by atoms with Gasteiger partial charge in [-0.15, -0.1) is 11.3 Å². The number of thiophene rings is 1. The van der Waals surface area contributed by atoms with Crippen molar-refractivity contribution in [2.45, 2.75) is 26.8 Å². The van der Waals surface area contributed by atoms with E-state index in [1.54, 1.807) is 11.3 Å². The molecule has 0 fully saturated rings. The number of hydrogen-bond donors (Lipinski definition) is 1. The molecule has 0 unspecified atom stereocenters. The lowest BCUT2D eigenvalue weighted by molar-refractivity contribution is 0.675. The summed E-state index contributed by atoms with van der Waals surface area (Å²) in [5.74, 6) is 0.843. The fraction of sp³-hybridized carbons (Fsp3) is 0.400. The van der Waals surface area contributed by atoms with Crippen LogP contribution in [0, 0.1) is 11.7 Å². The highest BCUT2D eigenvalue weighted by atomic mass is 35.5. The summed E-state index contributed by atoms with van der Waals surface area (Å²) in [4.78, 5) is 0.986. The first-order valence-electron chi connectivity index (χ1n) is 5.04. The second-order valence-electron chi connectivity index (χ2n) is 3.57. The molecule has 0 atom stereocenters. The highest BCUT2D eigenvalue weighted by Gasteiger charge is 2.15. The molecule has 0 bridgehead atoms. The SMILES string of the molecule is CCCn1c(-c2scc(C)c2Cl)n[nH]c1=S. The molecule has 0 saturated heterocycles. The van der Waals surface area contributed by atoms with Gasteiger partial charge >= 0.3 is 0 Å². The number of aromatic amines is 1. The molecule has 0 aliphatic rings. The number of hydrogen-bond acceptors (Lipinski definition) is 3. The van der Waals surface area contributed by atoms with E-state index in [0.717, 1.165) is 34.3 Å². The smallest absolute Gasteiger partial charge is 0.195 e. The maximum absolute atomic E-state index is 6.23. The second-order valence-corrected chi connectivity index (χ2v) is 5.21. The molecule has 0 amide bonds. The molecule has 0 saturated carbocycles. The molecule has 3 nitrogen and oxygen atoms in total. The Bertz CT molecular complexity index is 553.